The Bertz CT molecular complexity index is 608. The van der Waals surface area contributed by atoms with E-state index in [9.17, 15) is 4.39 Å². The second-order valence-electron chi connectivity index (χ2n) is 5.19. The van der Waals surface area contributed by atoms with Crippen LogP contribution in [0.5, 0.6) is 0 Å². The molecular formula is C16H14BrClFN. The number of hydrogen-bond acceptors (Lipinski definition) is 1. The van der Waals surface area contributed by atoms with Crippen molar-refractivity contribution in [1.82, 2.24) is 0 Å². The maximum absolute atomic E-state index is 13.1. The van der Waals surface area contributed by atoms with Crippen molar-refractivity contribution in [1.29, 1.82) is 0 Å². The molecule has 0 saturated heterocycles. The highest BCUT2D eigenvalue weighted by molar-refractivity contribution is 9.10. The summed E-state index contributed by atoms with van der Waals surface area (Å²) in [6.07, 6.45) is 2.19. The fraction of sp³-hybridized carbons (Fsp3) is 0.250. The molecule has 0 spiro atoms. The zero-order valence-corrected chi connectivity index (χ0v) is 13.1. The van der Waals surface area contributed by atoms with Crippen LogP contribution in [0.15, 0.2) is 46.9 Å². The van der Waals surface area contributed by atoms with Crippen LogP contribution in [-0.2, 0) is 0 Å². The molecule has 0 amide bonds. The Morgan fingerprint density at radius 3 is 2.45 bits per heavy atom. The summed E-state index contributed by atoms with van der Waals surface area (Å²) >= 11 is 9.23. The molecular weight excluding hydrogens is 341 g/mol. The highest BCUT2D eigenvalue weighted by atomic mass is 79.9. The third-order valence-corrected chi connectivity index (χ3v) is 4.59. The van der Waals surface area contributed by atoms with Crippen molar-refractivity contribution in [2.24, 2.45) is 0 Å². The van der Waals surface area contributed by atoms with Gasteiger partial charge in [0.1, 0.15) is 5.82 Å². The third-order valence-electron chi connectivity index (χ3n) is 3.77. The minimum atomic E-state index is -0.376. The Labute approximate surface area is 131 Å². The lowest BCUT2D eigenvalue weighted by molar-refractivity contribution is 0.374. The summed E-state index contributed by atoms with van der Waals surface area (Å²) in [5.74, 6) is 0.232. The Morgan fingerprint density at radius 1 is 1.10 bits per heavy atom. The van der Waals surface area contributed by atoms with Gasteiger partial charge in [0.25, 0.3) is 0 Å². The van der Waals surface area contributed by atoms with Crippen LogP contribution in [0.3, 0.4) is 0 Å². The van der Waals surface area contributed by atoms with Gasteiger partial charge in [0, 0.05) is 16.2 Å². The number of hydrogen-bond donors (Lipinski definition) is 1. The first kappa shape index (κ1) is 13.9. The van der Waals surface area contributed by atoms with Gasteiger partial charge in [0.15, 0.2) is 0 Å². The Hall–Kier alpha value is -1.06. The van der Waals surface area contributed by atoms with Gasteiger partial charge < -0.3 is 5.32 Å². The lowest BCUT2D eigenvalue weighted by Crippen LogP contribution is -2.33. The monoisotopic (exact) mass is 353 g/mol. The number of rotatable bonds is 3. The molecule has 4 heteroatoms. The predicted octanol–water partition coefficient (Wildman–Crippen LogP) is 5.60. The molecule has 0 atom stereocenters. The zero-order valence-electron chi connectivity index (χ0n) is 10.7. The minimum Gasteiger partial charge on any atom is -0.382 e. The molecule has 1 fully saturated rings. The summed E-state index contributed by atoms with van der Waals surface area (Å²) in [7, 11) is 0. The van der Waals surface area contributed by atoms with Crippen LogP contribution in [0.25, 0.3) is 0 Å². The lowest BCUT2D eigenvalue weighted by Gasteiger charge is -2.37. The summed E-state index contributed by atoms with van der Waals surface area (Å²) in [6, 6.07) is 13.7. The fourth-order valence-corrected chi connectivity index (χ4v) is 3.01. The summed E-state index contributed by atoms with van der Waals surface area (Å²) in [4.78, 5) is 0. The smallest absolute Gasteiger partial charge is 0.141 e. The largest absolute Gasteiger partial charge is 0.382 e. The van der Waals surface area contributed by atoms with Crippen LogP contribution in [0, 0.1) is 5.82 Å². The minimum absolute atomic E-state index is 0.166. The molecule has 0 aliphatic heterocycles. The topological polar surface area (TPSA) is 12.0 Å². The van der Waals surface area contributed by atoms with Crippen LogP contribution in [-0.4, -0.2) is 6.04 Å². The molecule has 0 aromatic heterocycles. The fourth-order valence-electron chi connectivity index (χ4n) is 2.56. The zero-order chi connectivity index (χ0) is 14.1. The average Bonchev–Trinajstić information content (AvgIpc) is 2.39. The van der Waals surface area contributed by atoms with E-state index in [-0.39, 0.29) is 10.8 Å². The van der Waals surface area contributed by atoms with Crippen molar-refractivity contribution in [3.63, 3.8) is 0 Å². The Balaban J connectivity index is 1.58. The van der Waals surface area contributed by atoms with Crippen molar-refractivity contribution in [3.05, 3.63) is 63.3 Å². The van der Waals surface area contributed by atoms with Gasteiger partial charge in [-0.25, -0.2) is 4.39 Å². The molecule has 0 radical (unpaired) electrons. The molecule has 1 aliphatic carbocycles. The first-order valence-electron chi connectivity index (χ1n) is 6.59. The summed E-state index contributed by atoms with van der Waals surface area (Å²) in [5.41, 5.74) is 2.26. The highest BCUT2D eigenvalue weighted by Crippen LogP contribution is 2.39. The van der Waals surface area contributed by atoms with Gasteiger partial charge in [0.05, 0.1) is 5.02 Å². The van der Waals surface area contributed by atoms with E-state index in [1.54, 1.807) is 12.1 Å². The molecule has 104 valence electrons. The van der Waals surface area contributed by atoms with E-state index < -0.39 is 0 Å². The predicted molar refractivity (Wildman–Crippen MR) is 84.9 cm³/mol. The van der Waals surface area contributed by atoms with Crippen LogP contribution < -0.4 is 5.32 Å². The molecule has 2 aromatic carbocycles. The molecule has 1 aliphatic rings. The maximum atomic E-state index is 13.1. The van der Waals surface area contributed by atoms with Crippen LogP contribution in [0.2, 0.25) is 5.02 Å². The lowest BCUT2D eigenvalue weighted by atomic mass is 9.76. The van der Waals surface area contributed by atoms with E-state index >= 15 is 0 Å². The molecule has 1 nitrogen and oxygen atoms in total. The van der Waals surface area contributed by atoms with E-state index in [1.165, 1.54) is 11.6 Å². The summed E-state index contributed by atoms with van der Waals surface area (Å²) in [6.45, 7) is 0. The SMILES string of the molecule is Fc1ccc(NC2CC(c3ccc(Br)cc3)C2)cc1Cl. The molecule has 2 aromatic rings. The number of anilines is 1. The van der Waals surface area contributed by atoms with E-state index in [0.717, 1.165) is 23.0 Å². The van der Waals surface area contributed by atoms with E-state index in [0.29, 0.717) is 12.0 Å². The third kappa shape index (κ3) is 2.99. The van der Waals surface area contributed by atoms with Crippen molar-refractivity contribution in [2.45, 2.75) is 24.8 Å². The van der Waals surface area contributed by atoms with Gasteiger partial charge in [-0.05, 0) is 54.7 Å². The van der Waals surface area contributed by atoms with Crippen LogP contribution >= 0.6 is 27.5 Å². The van der Waals surface area contributed by atoms with Gasteiger partial charge in [-0.3, -0.25) is 0 Å². The highest BCUT2D eigenvalue weighted by Gasteiger charge is 2.30. The molecule has 1 saturated carbocycles. The number of halogens is 3. The normalized spacial score (nSPS) is 21.4. The van der Waals surface area contributed by atoms with Gasteiger partial charge in [0.2, 0.25) is 0 Å². The molecule has 20 heavy (non-hydrogen) atoms. The quantitative estimate of drug-likeness (QED) is 0.756. The summed E-state index contributed by atoms with van der Waals surface area (Å²) in [5, 5.41) is 3.56. The van der Waals surface area contributed by atoms with E-state index in [2.05, 4.69) is 45.5 Å². The van der Waals surface area contributed by atoms with Gasteiger partial charge in [-0.2, -0.15) is 0 Å². The molecule has 3 rings (SSSR count). The molecule has 0 heterocycles. The van der Waals surface area contributed by atoms with Crippen molar-refractivity contribution < 1.29 is 4.39 Å². The van der Waals surface area contributed by atoms with Gasteiger partial charge in [-0.1, -0.05) is 39.7 Å². The maximum Gasteiger partial charge on any atom is 0.141 e. The standard InChI is InChI=1S/C16H14BrClFN/c17-12-3-1-10(2-4-12)11-7-14(8-11)20-13-5-6-16(19)15(18)9-13/h1-6,9,11,14,20H,7-8H2. The van der Waals surface area contributed by atoms with Crippen molar-refractivity contribution >= 4 is 33.2 Å². The first-order chi connectivity index (χ1) is 9.61. The second kappa shape index (κ2) is 5.74. The summed E-state index contributed by atoms with van der Waals surface area (Å²) < 4.78 is 14.2. The van der Waals surface area contributed by atoms with Crippen LogP contribution in [0.1, 0.15) is 24.3 Å². The van der Waals surface area contributed by atoms with E-state index in [4.69, 9.17) is 11.6 Å². The van der Waals surface area contributed by atoms with Crippen molar-refractivity contribution in [2.75, 3.05) is 5.32 Å². The second-order valence-corrected chi connectivity index (χ2v) is 6.51. The van der Waals surface area contributed by atoms with Crippen molar-refractivity contribution in [3.8, 4) is 0 Å². The Kier molecular flexibility index (Phi) is 3.99. The Morgan fingerprint density at radius 2 is 1.80 bits per heavy atom. The molecule has 0 bridgehead atoms. The molecule has 1 N–H and O–H groups in total. The average molecular weight is 355 g/mol. The molecule has 0 unspecified atom stereocenters. The number of nitrogens with one attached hydrogen (secondary N) is 1. The van der Waals surface area contributed by atoms with Gasteiger partial charge >= 0.3 is 0 Å². The van der Waals surface area contributed by atoms with E-state index in [1.807, 2.05) is 0 Å². The van der Waals surface area contributed by atoms with Crippen LogP contribution in [0.4, 0.5) is 10.1 Å². The number of benzene rings is 2. The van der Waals surface area contributed by atoms with Gasteiger partial charge in [-0.15, -0.1) is 0 Å². The first-order valence-corrected chi connectivity index (χ1v) is 7.76.